The van der Waals surface area contributed by atoms with Crippen molar-refractivity contribution in [1.82, 2.24) is 0 Å². The Bertz CT molecular complexity index is 466. The zero-order valence-corrected chi connectivity index (χ0v) is 10.9. The van der Waals surface area contributed by atoms with Gasteiger partial charge in [0, 0.05) is 17.5 Å². The Kier molecular flexibility index (Phi) is 4.27. The van der Waals surface area contributed by atoms with E-state index in [9.17, 15) is 12.8 Å². The van der Waals surface area contributed by atoms with Crippen molar-refractivity contribution in [1.29, 1.82) is 0 Å². The van der Waals surface area contributed by atoms with Crippen molar-refractivity contribution >= 4 is 9.84 Å². The van der Waals surface area contributed by atoms with E-state index in [2.05, 4.69) is 0 Å². The molecule has 1 unspecified atom stereocenters. The van der Waals surface area contributed by atoms with Gasteiger partial charge in [-0.05, 0) is 37.5 Å². The molecule has 17 heavy (non-hydrogen) atoms. The molecule has 0 heterocycles. The first-order valence-electron chi connectivity index (χ1n) is 5.43. The molecular formula is C12H18FNO2S. The first-order valence-corrected chi connectivity index (χ1v) is 7.49. The van der Waals surface area contributed by atoms with E-state index in [4.69, 9.17) is 5.73 Å². The molecule has 0 amide bonds. The molecule has 0 bridgehead atoms. The van der Waals surface area contributed by atoms with Gasteiger partial charge in [-0.2, -0.15) is 0 Å². The minimum atomic E-state index is -2.95. The quantitative estimate of drug-likeness (QED) is 0.877. The lowest BCUT2D eigenvalue weighted by molar-refractivity contribution is 0.445. The van der Waals surface area contributed by atoms with Crippen LogP contribution in [0.1, 0.15) is 25.3 Å². The minimum Gasteiger partial charge on any atom is -0.322 e. The summed E-state index contributed by atoms with van der Waals surface area (Å²) in [7, 11) is -2.95. The second-order valence-electron chi connectivity index (χ2n) is 4.66. The molecule has 0 aliphatic rings. The van der Waals surface area contributed by atoms with E-state index in [1.807, 2.05) is 6.92 Å². The third-order valence-corrected chi connectivity index (χ3v) is 3.75. The molecule has 1 atom stereocenters. The van der Waals surface area contributed by atoms with Crippen molar-refractivity contribution in [2.75, 3.05) is 12.0 Å². The lowest BCUT2D eigenvalue weighted by Gasteiger charge is -2.25. The highest BCUT2D eigenvalue weighted by atomic mass is 32.2. The van der Waals surface area contributed by atoms with Crippen LogP contribution in [-0.2, 0) is 15.4 Å². The van der Waals surface area contributed by atoms with Crippen molar-refractivity contribution in [2.24, 2.45) is 5.73 Å². The molecule has 0 spiro atoms. The van der Waals surface area contributed by atoms with Crippen LogP contribution in [0, 0.1) is 5.82 Å². The average Bonchev–Trinajstić information content (AvgIpc) is 2.15. The fourth-order valence-electron chi connectivity index (χ4n) is 1.68. The smallest absolute Gasteiger partial charge is 0.147 e. The molecule has 0 aliphatic heterocycles. The molecule has 1 rings (SSSR count). The molecule has 0 saturated carbocycles. The monoisotopic (exact) mass is 259 g/mol. The molecule has 96 valence electrons. The van der Waals surface area contributed by atoms with Crippen LogP contribution >= 0.6 is 0 Å². The second kappa shape index (κ2) is 5.14. The number of sulfone groups is 1. The van der Waals surface area contributed by atoms with Gasteiger partial charge in [0.25, 0.3) is 0 Å². The zero-order chi connectivity index (χ0) is 13.1. The van der Waals surface area contributed by atoms with E-state index < -0.39 is 15.4 Å². The lowest BCUT2D eigenvalue weighted by atomic mass is 9.89. The predicted octanol–water partition coefficient (Wildman–Crippen LogP) is 1.82. The standard InChI is InChI=1S/C12H18FNO2S/c1-12(14,8-3-9-17(2,15)16)10-4-6-11(13)7-5-10/h4-7H,3,8-9,14H2,1-2H3. The van der Waals surface area contributed by atoms with Crippen molar-refractivity contribution < 1.29 is 12.8 Å². The first-order chi connectivity index (χ1) is 7.71. The second-order valence-corrected chi connectivity index (χ2v) is 6.92. The van der Waals surface area contributed by atoms with Crippen LogP contribution in [0.15, 0.2) is 24.3 Å². The van der Waals surface area contributed by atoms with Gasteiger partial charge in [0.1, 0.15) is 15.7 Å². The van der Waals surface area contributed by atoms with Crippen LogP contribution in [0.5, 0.6) is 0 Å². The van der Waals surface area contributed by atoms with Crippen molar-refractivity contribution in [3.05, 3.63) is 35.6 Å². The first kappa shape index (κ1) is 14.1. The number of halogens is 1. The fraction of sp³-hybridized carbons (Fsp3) is 0.500. The molecule has 2 N–H and O–H groups in total. The van der Waals surface area contributed by atoms with Gasteiger partial charge in [0.05, 0.1) is 0 Å². The Hall–Kier alpha value is -0.940. The van der Waals surface area contributed by atoms with E-state index in [1.54, 1.807) is 12.1 Å². The molecule has 1 aromatic carbocycles. The van der Waals surface area contributed by atoms with Crippen LogP contribution in [0.4, 0.5) is 4.39 Å². The van der Waals surface area contributed by atoms with Gasteiger partial charge in [0.2, 0.25) is 0 Å². The Morgan fingerprint density at radius 1 is 1.29 bits per heavy atom. The van der Waals surface area contributed by atoms with Gasteiger partial charge in [-0.15, -0.1) is 0 Å². The third-order valence-electron chi connectivity index (χ3n) is 2.71. The zero-order valence-electron chi connectivity index (χ0n) is 10.1. The van der Waals surface area contributed by atoms with E-state index in [0.717, 1.165) is 5.56 Å². The summed E-state index contributed by atoms with van der Waals surface area (Å²) in [5.41, 5.74) is 6.29. The summed E-state index contributed by atoms with van der Waals surface area (Å²) in [5, 5.41) is 0. The van der Waals surface area contributed by atoms with E-state index in [1.165, 1.54) is 18.4 Å². The molecule has 1 aromatic rings. The Morgan fingerprint density at radius 3 is 2.29 bits per heavy atom. The molecule has 0 aromatic heterocycles. The molecule has 0 fully saturated rings. The van der Waals surface area contributed by atoms with Crippen molar-refractivity contribution in [3.8, 4) is 0 Å². The molecule has 0 radical (unpaired) electrons. The number of benzene rings is 1. The van der Waals surface area contributed by atoms with Gasteiger partial charge in [0.15, 0.2) is 0 Å². The number of nitrogens with two attached hydrogens (primary N) is 1. The fourth-order valence-corrected chi connectivity index (χ4v) is 2.35. The van der Waals surface area contributed by atoms with Crippen molar-refractivity contribution in [2.45, 2.75) is 25.3 Å². The van der Waals surface area contributed by atoms with Crippen LogP contribution < -0.4 is 5.73 Å². The summed E-state index contributed by atoms with van der Waals surface area (Å²) in [6, 6.07) is 5.99. The molecular weight excluding hydrogens is 241 g/mol. The Labute approximate surface area is 102 Å². The van der Waals surface area contributed by atoms with Crippen LogP contribution in [0.2, 0.25) is 0 Å². The van der Waals surface area contributed by atoms with Gasteiger partial charge in [-0.25, -0.2) is 12.8 Å². The summed E-state index contributed by atoms with van der Waals surface area (Å²) < 4.78 is 34.8. The van der Waals surface area contributed by atoms with Crippen molar-refractivity contribution in [3.63, 3.8) is 0 Å². The molecule has 5 heteroatoms. The molecule has 0 aliphatic carbocycles. The summed E-state index contributed by atoms with van der Waals surface area (Å²) >= 11 is 0. The lowest BCUT2D eigenvalue weighted by Crippen LogP contribution is -2.33. The maximum atomic E-state index is 12.8. The van der Waals surface area contributed by atoms with Gasteiger partial charge < -0.3 is 5.73 Å². The number of hydrogen-bond donors (Lipinski definition) is 1. The van der Waals surface area contributed by atoms with Crippen LogP contribution in [0.25, 0.3) is 0 Å². The van der Waals surface area contributed by atoms with E-state index in [0.29, 0.717) is 12.8 Å². The normalized spacial score (nSPS) is 15.5. The highest BCUT2D eigenvalue weighted by Gasteiger charge is 2.21. The summed E-state index contributed by atoms with van der Waals surface area (Å²) in [4.78, 5) is 0. The van der Waals surface area contributed by atoms with Gasteiger partial charge in [-0.1, -0.05) is 12.1 Å². The summed E-state index contributed by atoms with van der Waals surface area (Å²) in [5.74, 6) is -0.179. The Morgan fingerprint density at radius 2 is 1.82 bits per heavy atom. The largest absolute Gasteiger partial charge is 0.322 e. The maximum absolute atomic E-state index is 12.8. The van der Waals surface area contributed by atoms with Gasteiger partial charge >= 0.3 is 0 Å². The number of hydrogen-bond acceptors (Lipinski definition) is 3. The molecule has 3 nitrogen and oxygen atoms in total. The number of rotatable bonds is 5. The minimum absolute atomic E-state index is 0.126. The predicted molar refractivity (Wildman–Crippen MR) is 66.9 cm³/mol. The highest BCUT2D eigenvalue weighted by Crippen LogP contribution is 2.23. The Balaban J connectivity index is 2.65. The van der Waals surface area contributed by atoms with Gasteiger partial charge in [-0.3, -0.25) is 0 Å². The topological polar surface area (TPSA) is 60.2 Å². The molecule has 0 saturated heterocycles. The summed E-state index contributed by atoms with van der Waals surface area (Å²) in [6.45, 7) is 1.82. The van der Waals surface area contributed by atoms with E-state index in [-0.39, 0.29) is 11.6 Å². The average molecular weight is 259 g/mol. The maximum Gasteiger partial charge on any atom is 0.147 e. The van der Waals surface area contributed by atoms with Crippen LogP contribution in [-0.4, -0.2) is 20.4 Å². The van der Waals surface area contributed by atoms with Crippen LogP contribution in [0.3, 0.4) is 0 Å². The SMILES string of the molecule is CC(N)(CCCS(C)(=O)=O)c1ccc(F)cc1. The summed E-state index contributed by atoms with van der Waals surface area (Å²) in [6.07, 6.45) is 2.26. The third kappa shape index (κ3) is 4.83. The highest BCUT2D eigenvalue weighted by molar-refractivity contribution is 7.90. The van der Waals surface area contributed by atoms with E-state index >= 15 is 0 Å².